The van der Waals surface area contributed by atoms with Crippen LogP contribution >= 0.6 is 0 Å². The van der Waals surface area contributed by atoms with Crippen molar-refractivity contribution in [3.05, 3.63) is 24.3 Å². The molecule has 1 saturated heterocycles. The summed E-state index contributed by atoms with van der Waals surface area (Å²) >= 11 is 0. The maximum atomic E-state index is 12.8. The van der Waals surface area contributed by atoms with Crippen molar-refractivity contribution in [3.63, 3.8) is 0 Å². The number of carbonyl (C=O) groups is 4. The molecule has 2 atom stereocenters. The van der Waals surface area contributed by atoms with Gasteiger partial charge < -0.3 is 20.1 Å². The zero-order valence-electron chi connectivity index (χ0n) is 16.5. The van der Waals surface area contributed by atoms with Crippen molar-refractivity contribution in [3.8, 4) is 5.75 Å². The maximum Gasteiger partial charge on any atom is 0.326 e. The van der Waals surface area contributed by atoms with Gasteiger partial charge in [-0.25, -0.2) is 4.79 Å². The number of nitrogens with zero attached hydrogens (tertiary/aromatic N) is 1. The number of nitrogens with one attached hydrogen (secondary N) is 2. The van der Waals surface area contributed by atoms with E-state index in [1.807, 2.05) is 6.92 Å². The standard InChI is InChI=1S/C20H25N3O6/c1-13-6-3-4-9-20(13)18(26)23(19(27)22-20)11-17(25)29-12-16(24)21-14-7-5-8-15(10-14)28-2/h5,7-8,10,13H,3-4,6,9,11-12H2,1-2H3,(H,21,24)(H,22,27)/t13-,20+/m1/s1. The molecule has 3 rings (SSSR count). The summed E-state index contributed by atoms with van der Waals surface area (Å²) in [5, 5.41) is 5.35. The van der Waals surface area contributed by atoms with Gasteiger partial charge in [-0.2, -0.15) is 0 Å². The zero-order valence-corrected chi connectivity index (χ0v) is 16.5. The third kappa shape index (κ3) is 4.33. The smallest absolute Gasteiger partial charge is 0.326 e. The Balaban J connectivity index is 1.52. The quantitative estimate of drug-likeness (QED) is 0.552. The Morgan fingerprint density at radius 3 is 2.83 bits per heavy atom. The number of esters is 1. The van der Waals surface area contributed by atoms with Crippen LogP contribution in [0.4, 0.5) is 10.5 Å². The van der Waals surface area contributed by atoms with E-state index in [9.17, 15) is 19.2 Å². The van der Waals surface area contributed by atoms with Gasteiger partial charge in [0.15, 0.2) is 6.61 Å². The number of imide groups is 1. The monoisotopic (exact) mass is 403 g/mol. The van der Waals surface area contributed by atoms with Crippen molar-refractivity contribution in [2.75, 3.05) is 25.6 Å². The van der Waals surface area contributed by atoms with Crippen LogP contribution in [0.25, 0.3) is 0 Å². The number of rotatable bonds is 6. The van der Waals surface area contributed by atoms with Crippen LogP contribution in [0.1, 0.15) is 32.6 Å². The van der Waals surface area contributed by atoms with Crippen LogP contribution in [0, 0.1) is 5.92 Å². The number of ether oxygens (including phenoxy) is 2. The van der Waals surface area contributed by atoms with Crippen LogP contribution in [0.2, 0.25) is 0 Å². The molecular formula is C20H25N3O6. The average Bonchev–Trinajstić information content (AvgIpc) is 2.94. The summed E-state index contributed by atoms with van der Waals surface area (Å²) in [4.78, 5) is 50.1. The first kappa shape index (κ1) is 20.6. The molecule has 0 bridgehead atoms. The minimum absolute atomic E-state index is 0.00219. The molecule has 1 aromatic carbocycles. The zero-order chi connectivity index (χ0) is 21.0. The highest BCUT2D eigenvalue weighted by Gasteiger charge is 2.55. The lowest BCUT2D eigenvalue weighted by atomic mass is 9.73. The van der Waals surface area contributed by atoms with E-state index in [0.717, 1.165) is 24.2 Å². The summed E-state index contributed by atoms with van der Waals surface area (Å²) in [6.07, 6.45) is 3.26. The molecule has 4 amide bonds. The van der Waals surface area contributed by atoms with Crippen LogP contribution in [0.15, 0.2) is 24.3 Å². The third-order valence-electron chi connectivity index (χ3n) is 5.51. The number of hydrogen-bond donors (Lipinski definition) is 2. The number of urea groups is 1. The fraction of sp³-hybridized carbons (Fsp3) is 0.500. The molecule has 1 saturated carbocycles. The van der Waals surface area contributed by atoms with Gasteiger partial charge in [0.05, 0.1) is 7.11 Å². The molecule has 0 aromatic heterocycles. The summed E-state index contributed by atoms with van der Waals surface area (Å²) in [5.41, 5.74) is -0.438. The molecule has 29 heavy (non-hydrogen) atoms. The van der Waals surface area contributed by atoms with Crippen LogP contribution in [0.5, 0.6) is 5.75 Å². The van der Waals surface area contributed by atoms with E-state index in [2.05, 4.69) is 10.6 Å². The molecule has 9 nitrogen and oxygen atoms in total. The summed E-state index contributed by atoms with van der Waals surface area (Å²) in [6, 6.07) is 6.13. The molecule has 2 N–H and O–H groups in total. The number of anilines is 1. The Kier molecular flexibility index (Phi) is 6.05. The van der Waals surface area contributed by atoms with Crippen molar-refractivity contribution in [2.45, 2.75) is 38.1 Å². The lowest BCUT2D eigenvalue weighted by Crippen LogP contribution is -2.54. The minimum Gasteiger partial charge on any atom is -0.497 e. The van der Waals surface area contributed by atoms with Crippen LogP contribution in [0.3, 0.4) is 0 Å². The Hall–Kier alpha value is -3.10. The highest BCUT2D eigenvalue weighted by molar-refractivity contribution is 6.09. The second-order valence-corrected chi connectivity index (χ2v) is 7.38. The summed E-state index contributed by atoms with van der Waals surface area (Å²) in [5.74, 6) is -1.19. The predicted octanol–water partition coefficient (Wildman–Crippen LogP) is 1.68. The average molecular weight is 403 g/mol. The summed E-state index contributed by atoms with van der Waals surface area (Å²) in [6.45, 7) is 0.884. The minimum atomic E-state index is -0.931. The van der Waals surface area contributed by atoms with Crippen molar-refractivity contribution in [1.82, 2.24) is 10.2 Å². The topological polar surface area (TPSA) is 114 Å². The summed E-state index contributed by atoms with van der Waals surface area (Å²) in [7, 11) is 1.51. The lowest BCUT2D eigenvalue weighted by molar-refractivity contribution is -0.150. The molecule has 0 radical (unpaired) electrons. The van der Waals surface area contributed by atoms with Gasteiger partial charge in [-0.05, 0) is 30.9 Å². The largest absolute Gasteiger partial charge is 0.497 e. The SMILES string of the molecule is COc1cccc(NC(=O)COC(=O)CN2C(=O)N[C@]3(CCCC[C@H]3C)C2=O)c1. The molecule has 1 spiro atoms. The van der Waals surface area contributed by atoms with Gasteiger partial charge in [-0.15, -0.1) is 0 Å². The van der Waals surface area contributed by atoms with E-state index in [-0.39, 0.29) is 5.92 Å². The van der Waals surface area contributed by atoms with Crippen LogP contribution < -0.4 is 15.4 Å². The van der Waals surface area contributed by atoms with Gasteiger partial charge in [-0.3, -0.25) is 19.3 Å². The fourth-order valence-electron chi connectivity index (χ4n) is 3.86. The van der Waals surface area contributed by atoms with Crippen molar-refractivity contribution >= 4 is 29.5 Å². The third-order valence-corrected chi connectivity index (χ3v) is 5.51. The number of benzene rings is 1. The molecule has 156 valence electrons. The van der Waals surface area contributed by atoms with Gasteiger partial charge in [0.1, 0.15) is 17.8 Å². The molecule has 1 heterocycles. The molecule has 1 aromatic rings. The van der Waals surface area contributed by atoms with Gasteiger partial charge in [-0.1, -0.05) is 25.8 Å². The lowest BCUT2D eigenvalue weighted by Gasteiger charge is -2.36. The highest BCUT2D eigenvalue weighted by Crippen LogP contribution is 2.38. The maximum absolute atomic E-state index is 12.8. The second-order valence-electron chi connectivity index (χ2n) is 7.38. The Labute approximate surface area is 168 Å². The van der Waals surface area contributed by atoms with Crippen molar-refractivity contribution in [2.24, 2.45) is 5.92 Å². The van der Waals surface area contributed by atoms with E-state index in [1.165, 1.54) is 7.11 Å². The van der Waals surface area contributed by atoms with Crippen molar-refractivity contribution in [1.29, 1.82) is 0 Å². The number of carbonyl (C=O) groups excluding carboxylic acids is 4. The van der Waals surface area contributed by atoms with E-state index >= 15 is 0 Å². The van der Waals surface area contributed by atoms with Crippen LogP contribution in [-0.2, 0) is 19.1 Å². The van der Waals surface area contributed by atoms with Crippen LogP contribution in [-0.4, -0.2) is 54.5 Å². The van der Waals surface area contributed by atoms with E-state index in [0.29, 0.717) is 17.9 Å². The first-order chi connectivity index (χ1) is 13.9. The first-order valence-electron chi connectivity index (χ1n) is 9.59. The molecule has 9 heteroatoms. The predicted molar refractivity (Wildman–Crippen MR) is 103 cm³/mol. The highest BCUT2D eigenvalue weighted by atomic mass is 16.5. The fourth-order valence-corrected chi connectivity index (χ4v) is 3.86. The first-order valence-corrected chi connectivity index (χ1v) is 9.59. The normalized spacial score (nSPS) is 23.7. The van der Waals surface area contributed by atoms with Gasteiger partial charge in [0.2, 0.25) is 0 Å². The number of hydrogen-bond acceptors (Lipinski definition) is 6. The Bertz CT molecular complexity index is 826. The number of methoxy groups -OCH3 is 1. The van der Waals surface area contributed by atoms with E-state index in [4.69, 9.17) is 9.47 Å². The molecule has 1 aliphatic heterocycles. The Morgan fingerprint density at radius 2 is 2.10 bits per heavy atom. The van der Waals surface area contributed by atoms with Crippen molar-refractivity contribution < 1.29 is 28.7 Å². The molecule has 2 aliphatic rings. The Morgan fingerprint density at radius 1 is 1.31 bits per heavy atom. The number of amides is 4. The van der Waals surface area contributed by atoms with Gasteiger partial charge in [0.25, 0.3) is 11.8 Å². The second kappa shape index (κ2) is 8.50. The summed E-state index contributed by atoms with van der Waals surface area (Å²) < 4.78 is 10.0. The molecule has 2 fully saturated rings. The van der Waals surface area contributed by atoms with E-state index in [1.54, 1.807) is 24.3 Å². The van der Waals surface area contributed by atoms with Gasteiger partial charge >= 0.3 is 12.0 Å². The van der Waals surface area contributed by atoms with E-state index < -0.39 is 42.5 Å². The molecule has 0 unspecified atom stereocenters. The molecule has 1 aliphatic carbocycles. The molecular weight excluding hydrogens is 378 g/mol. The van der Waals surface area contributed by atoms with Gasteiger partial charge in [0, 0.05) is 11.8 Å².